The zero-order chi connectivity index (χ0) is 90.7. The second-order valence-corrected chi connectivity index (χ2v) is 38.8. The van der Waals surface area contributed by atoms with Crippen molar-refractivity contribution in [2.24, 2.45) is 17.6 Å². The maximum atomic E-state index is 13.4. The number of nitrogens with one attached hydrogen (secondary N) is 5. The standard InChI is InChI=1S/C25H36N6O7S.C20H30N6O6S.C18H25N5O5S.C15H21N5O5S.B.2ClH/c1-11(2)15(27-12(3)32)22(33)35-10-14-16-17(38-25(4,5)37-16)21(36-14)31-20-18(39-24(31)34)19(29-23(26)30-20)28-13-8-6-7-9-13;1-8(2)11(21)18(29)31-7-10-12(27)13(28)17(32-10)26-16-14(33-20(26)30)15(24-19(22)25-16)23-9-5-3-4-6-9;1-18(2)27-10-9(7-24)26-15(11(10)28-18)23-14-12(29-17(23)25)13(21-16(19)22-14)20-8-5-3-4-6-8;16-14-18-11(17-6-3-1-2-4-6)10-12(19-14)20(15(24)26-10)13-9(23)8(22)7(5-21)25-13;;;/h11,13-17,21H,6-10H2,1-5H3,(H,27,32)(H3,26,28,29,30);8-13,17,27-28H,3-7,21H2,1-2H3,(H3,22,23,24,25);8-11,15,24H,3-7H2,1-2H3,(H3,19,20,21,22);6-9,13,21-23H,1-5H2,(H3,16,17,18,19);;2*1H/t14-,15+,16-,17-,21-;10-,11+,12-,13-,17-;9-,10-,11-,15-;7-,8-,9-,13-;;;/m1111.../s1. The van der Waals surface area contributed by atoms with E-state index in [-0.39, 0.29) is 134 Å². The van der Waals surface area contributed by atoms with Crippen LogP contribution in [0.1, 0.15) is 190 Å². The van der Waals surface area contributed by atoms with E-state index in [9.17, 15) is 64.2 Å². The predicted molar refractivity (Wildman–Crippen MR) is 487 cm³/mol. The third kappa shape index (κ3) is 21.3. The van der Waals surface area contributed by atoms with Crippen LogP contribution >= 0.6 is 70.2 Å². The number of fused-ring (bicyclic) bond motifs is 6. The number of hydrogen-bond donors (Lipinski definition) is 16. The summed E-state index contributed by atoms with van der Waals surface area (Å²) in [5.41, 5.74) is 30.7. The quantitative estimate of drug-likeness (QED) is 0.0323. The van der Waals surface area contributed by atoms with E-state index in [1.165, 1.54) is 33.5 Å². The largest absolute Gasteiger partial charge is 0.462 e. The Morgan fingerprint density at radius 2 is 0.715 bits per heavy atom. The Bertz CT molecular complexity index is 5570. The van der Waals surface area contributed by atoms with Crippen molar-refractivity contribution < 1.29 is 92.4 Å². The molecule has 0 aromatic carbocycles. The Labute approximate surface area is 774 Å². The van der Waals surface area contributed by atoms with Gasteiger partial charge in [0.1, 0.15) is 117 Å². The van der Waals surface area contributed by atoms with E-state index in [1.54, 1.807) is 41.5 Å². The highest BCUT2D eigenvalue weighted by Crippen LogP contribution is 2.48. The summed E-state index contributed by atoms with van der Waals surface area (Å²) in [4.78, 5) is 121. The van der Waals surface area contributed by atoms with Gasteiger partial charge in [-0.1, -0.05) is 124 Å². The lowest BCUT2D eigenvalue weighted by Crippen LogP contribution is -2.45. The van der Waals surface area contributed by atoms with E-state index >= 15 is 0 Å². The number of carbonyl (C=O) groups excluding carboxylic acids is 3. The van der Waals surface area contributed by atoms with Gasteiger partial charge in [0.2, 0.25) is 29.7 Å². The minimum Gasteiger partial charge on any atom is -0.462 e. The summed E-state index contributed by atoms with van der Waals surface area (Å²) in [6.45, 7) is 14.5. The van der Waals surface area contributed by atoms with E-state index in [0.29, 0.717) is 59.4 Å². The third-order valence-corrected chi connectivity index (χ3v) is 27.9. The fourth-order valence-electron chi connectivity index (χ4n) is 17.8. The van der Waals surface area contributed by atoms with Crippen LogP contribution in [0.2, 0.25) is 0 Å². The fraction of sp³-hybridized carbons (Fsp3) is 0.705. The van der Waals surface area contributed by atoms with Gasteiger partial charge in [-0.3, -0.25) is 47.0 Å². The molecule has 8 aromatic heterocycles. The SMILES string of the molecule is CC(=O)N[C@H](C(=O)OC[C@H]1O[C@@H](n2c(=O)sc3c(NC4CCCC4)nc(N)nc32)[C@@H]2OC(C)(C)O[C@@H]21)C(C)C.CC(C)[C@H](N)C(=O)OC[C@H]1O[C@@H](n2c(=O)sc3c(NC4CCCC4)nc(N)nc32)[C@H](O)[C@@H]1O.CC1(C)O[C@@H]2[C@H](O1)[C@@H](CO)O[C@H]2n1c(=O)sc2c(NC3CCCC3)nc(N)nc21.Cl.Cl.Nc1nc(NC2CCCC2)c2sc(=O)n([C@@H]3O[C@H](CO)[C@@H](O)[C@H]3O)c2n1.[B]. The molecule has 10 fully saturated rings. The van der Waals surface area contributed by atoms with Crippen molar-refractivity contribution in [1.82, 2.24) is 63.5 Å². The number of amides is 1. The first-order valence-electron chi connectivity index (χ1n) is 42.9. The Morgan fingerprint density at radius 1 is 0.431 bits per heavy atom. The number of anilines is 8. The van der Waals surface area contributed by atoms with Gasteiger partial charge in [-0.25, -0.2) is 4.79 Å². The first-order valence-corrected chi connectivity index (χ1v) is 46.2. The molecule has 52 heteroatoms. The summed E-state index contributed by atoms with van der Waals surface area (Å²) in [5, 5.41) is 76.5. The predicted octanol–water partition coefficient (Wildman–Crippen LogP) is 2.91. The highest BCUT2D eigenvalue weighted by atomic mass is 35.5. The third-order valence-electron chi connectivity index (χ3n) is 24.1. The molecule has 4 saturated carbocycles. The average molecular weight is 1940 g/mol. The zero-order valence-corrected chi connectivity index (χ0v) is 77.8. The first-order chi connectivity index (χ1) is 60.4. The molecule has 715 valence electrons. The molecule has 18 atom stereocenters. The normalized spacial score (nSPS) is 27.9. The lowest BCUT2D eigenvalue weighted by atomic mass is 10.0. The first kappa shape index (κ1) is 101. The number of halogens is 2. The monoisotopic (exact) mass is 1940 g/mol. The van der Waals surface area contributed by atoms with Crippen molar-refractivity contribution in [1.29, 1.82) is 0 Å². The molecule has 3 radical (unpaired) electrons. The minimum atomic E-state index is -1.45. The van der Waals surface area contributed by atoms with Gasteiger partial charge in [-0.15, -0.1) is 24.8 Å². The van der Waals surface area contributed by atoms with Crippen LogP contribution < -0.4 is 74.7 Å². The average Bonchev–Trinajstić information content (AvgIpc) is 1.58. The van der Waals surface area contributed by atoms with Gasteiger partial charge in [0.25, 0.3) is 0 Å². The van der Waals surface area contributed by atoms with Crippen LogP contribution in [0.5, 0.6) is 0 Å². The van der Waals surface area contributed by atoms with Crippen LogP contribution in [0.25, 0.3) is 41.4 Å². The van der Waals surface area contributed by atoms with Gasteiger partial charge in [0.05, 0.1) is 13.2 Å². The molecule has 130 heavy (non-hydrogen) atoms. The van der Waals surface area contributed by atoms with Crippen molar-refractivity contribution in [3.63, 3.8) is 0 Å². The summed E-state index contributed by atoms with van der Waals surface area (Å²) in [6, 6.07) is -0.540. The molecule has 18 rings (SSSR count). The zero-order valence-electron chi connectivity index (χ0n) is 72.9. The molecule has 0 unspecified atom stereocenters. The number of hydrogen-bond acceptors (Lipinski definition) is 44. The molecule has 8 aromatic rings. The molecule has 10 aliphatic rings. The van der Waals surface area contributed by atoms with Gasteiger partial charge in [0, 0.05) is 39.5 Å². The highest BCUT2D eigenvalue weighted by molar-refractivity contribution is 7.18. The van der Waals surface area contributed by atoms with Crippen molar-refractivity contribution in [2.75, 3.05) is 70.6 Å². The number of esters is 2. The Balaban J connectivity index is 0.000000157. The minimum absolute atomic E-state index is 0. The number of rotatable bonds is 23. The number of aromatic nitrogens is 12. The van der Waals surface area contributed by atoms with E-state index < -0.39 is 150 Å². The molecule has 0 bridgehead atoms. The molecular weight excluding hydrogens is 1820 g/mol. The van der Waals surface area contributed by atoms with E-state index in [2.05, 4.69) is 66.5 Å². The van der Waals surface area contributed by atoms with E-state index in [1.807, 2.05) is 13.8 Å². The summed E-state index contributed by atoms with van der Waals surface area (Å²) >= 11 is 3.90. The maximum Gasteiger partial charge on any atom is 0.328 e. The Morgan fingerprint density at radius 3 is 1.03 bits per heavy atom. The maximum absolute atomic E-state index is 13.4. The van der Waals surface area contributed by atoms with E-state index in [0.717, 1.165) is 140 Å². The molecule has 6 aliphatic heterocycles. The van der Waals surface area contributed by atoms with Crippen LogP contribution in [0.4, 0.5) is 47.1 Å². The molecule has 45 nitrogen and oxygen atoms in total. The number of carbonyl (C=O) groups is 3. The number of nitrogens with zero attached hydrogens (tertiary/aromatic N) is 12. The molecule has 6 saturated heterocycles. The van der Waals surface area contributed by atoms with Crippen LogP contribution in [0.15, 0.2) is 19.2 Å². The summed E-state index contributed by atoms with van der Waals surface area (Å²) < 4.78 is 65.8. The van der Waals surface area contributed by atoms with Crippen molar-refractivity contribution >= 4 is 185 Å². The second kappa shape index (κ2) is 41.8. The van der Waals surface area contributed by atoms with Crippen LogP contribution in [0, 0.1) is 11.8 Å². The fourth-order valence-corrected chi connectivity index (χ4v) is 21.4. The van der Waals surface area contributed by atoms with Crippen LogP contribution in [-0.4, -0.2) is 263 Å². The molecule has 1 amide bonds. The van der Waals surface area contributed by atoms with Crippen molar-refractivity contribution in [2.45, 2.75) is 311 Å². The van der Waals surface area contributed by atoms with Gasteiger partial charge >= 0.3 is 31.4 Å². The van der Waals surface area contributed by atoms with Gasteiger partial charge in [-0.2, -0.15) is 39.9 Å². The molecule has 4 aliphatic carbocycles. The van der Waals surface area contributed by atoms with Gasteiger partial charge < -0.3 is 133 Å². The lowest BCUT2D eigenvalue weighted by molar-refractivity contribution is -0.202. The summed E-state index contributed by atoms with van der Waals surface area (Å²) in [6.07, 6.45) is 2.13. The van der Waals surface area contributed by atoms with Gasteiger partial charge in [-0.05, 0) is 90.9 Å². The lowest BCUT2D eigenvalue weighted by Gasteiger charge is -2.25. The highest BCUT2D eigenvalue weighted by Gasteiger charge is 2.59. The number of nitrogen functional groups attached to an aromatic ring is 4. The second-order valence-electron chi connectivity index (χ2n) is 35.0. The van der Waals surface area contributed by atoms with Crippen molar-refractivity contribution in [3.05, 3.63) is 38.7 Å². The van der Waals surface area contributed by atoms with Crippen LogP contribution in [0.3, 0.4) is 0 Å². The number of nitrogens with two attached hydrogens (primary N) is 5. The smallest absolute Gasteiger partial charge is 0.328 e. The topological polar surface area (TPSA) is 646 Å². The van der Waals surface area contributed by atoms with Crippen LogP contribution in [-0.2, 0) is 61.8 Å². The molecular formula is C78H114BCl2N22O23S4. The summed E-state index contributed by atoms with van der Waals surface area (Å²) in [5.74, 6) is -1.47. The summed E-state index contributed by atoms with van der Waals surface area (Å²) in [7, 11) is 0. The Hall–Kier alpha value is -8.07. The number of ether oxygens (including phenoxy) is 10. The number of aliphatic hydroxyl groups excluding tert-OH is 6. The molecule has 21 N–H and O–H groups in total. The van der Waals surface area contributed by atoms with Crippen molar-refractivity contribution in [3.8, 4) is 0 Å². The van der Waals surface area contributed by atoms with Gasteiger partial charge in [0.15, 0.2) is 82.3 Å². The van der Waals surface area contributed by atoms with E-state index in [4.69, 9.17) is 76.0 Å². The Kier molecular flexibility index (Phi) is 32.5. The number of thiazole rings is 4. The number of aliphatic hydroxyl groups is 6. The molecule has 14 heterocycles. The molecule has 0 spiro atoms.